The Kier molecular flexibility index (Phi) is 3.67. The van der Waals surface area contributed by atoms with Gasteiger partial charge >= 0.3 is 5.97 Å². The molecule has 2 aromatic rings. The van der Waals surface area contributed by atoms with E-state index in [4.69, 9.17) is 9.52 Å². The molecule has 1 aromatic carbocycles. The Hall–Kier alpha value is -3.00. The number of carbonyl (C=O) groups excluding carboxylic acids is 2. The fraction of sp³-hybridized carbons (Fsp3) is 0. The molecule has 1 aliphatic heterocycles. The van der Waals surface area contributed by atoms with Gasteiger partial charge in [-0.2, -0.15) is 0 Å². The van der Waals surface area contributed by atoms with Gasteiger partial charge in [-0.05, 0) is 30.0 Å². The Morgan fingerprint density at radius 2 is 2.04 bits per heavy atom. The van der Waals surface area contributed by atoms with E-state index >= 15 is 0 Å². The lowest BCUT2D eigenvalue weighted by molar-refractivity contribution is -0.268. The second-order valence-electron chi connectivity index (χ2n) is 4.57. The minimum Gasteiger partial charge on any atom is -0.872 e. The highest BCUT2D eigenvalue weighted by atomic mass is 32.2. The molecule has 1 fully saturated rings. The van der Waals surface area contributed by atoms with Crippen LogP contribution in [0.25, 0.3) is 17.4 Å². The van der Waals surface area contributed by atoms with E-state index < -0.39 is 22.9 Å². The number of thioether (sulfide) groups is 1. The standard InChI is InChI=1S/C15H9NO6S/c17-10-3-1-7(5-9(10)14(19)20)11-4-2-8(22-11)6-12-13(18)16-15(21)23-12/h1-6,17H,(H,19,20)(H,16,18,21)/p-1/b12-6+. The van der Waals surface area contributed by atoms with E-state index in [-0.39, 0.29) is 10.5 Å². The lowest BCUT2D eigenvalue weighted by Gasteiger charge is -2.10. The average Bonchev–Trinajstić information content (AvgIpc) is 3.06. The molecule has 0 bridgehead atoms. The van der Waals surface area contributed by atoms with Crippen LogP contribution in [0.1, 0.15) is 16.1 Å². The molecule has 116 valence electrons. The van der Waals surface area contributed by atoms with Gasteiger partial charge in [0.15, 0.2) is 0 Å². The van der Waals surface area contributed by atoms with Crippen LogP contribution in [0.5, 0.6) is 5.75 Å². The summed E-state index contributed by atoms with van der Waals surface area (Å²) in [5.41, 5.74) is 0.0707. The zero-order valence-electron chi connectivity index (χ0n) is 11.4. The summed E-state index contributed by atoms with van der Waals surface area (Å²) >= 11 is 0.764. The number of hydrogen-bond acceptors (Lipinski definition) is 6. The van der Waals surface area contributed by atoms with Crippen LogP contribution in [0.3, 0.4) is 0 Å². The van der Waals surface area contributed by atoms with E-state index in [1.54, 1.807) is 12.1 Å². The fourth-order valence-electron chi connectivity index (χ4n) is 1.99. The predicted molar refractivity (Wildman–Crippen MR) is 79.7 cm³/mol. The maximum Gasteiger partial charge on any atom is 0.335 e. The minimum absolute atomic E-state index is 0.206. The Bertz CT molecular complexity index is 867. The average molecular weight is 330 g/mol. The smallest absolute Gasteiger partial charge is 0.335 e. The first kappa shape index (κ1) is 14.9. The number of rotatable bonds is 3. The van der Waals surface area contributed by atoms with Gasteiger partial charge in [0.2, 0.25) is 0 Å². The molecule has 0 spiro atoms. The number of carboxylic acid groups (broad SMARTS) is 1. The first-order valence-corrected chi connectivity index (χ1v) is 7.15. The lowest BCUT2D eigenvalue weighted by atomic mass is 10.1. The van der Waals surface area contributed by atoms with Crippen molar-refractivity contribution in [2.75, 3.05) is 0 Å². The summed E-state index contributed by atoms with van der Waals surface area (Å²) in [5, 5.41) is 22.1. The largest absolute Gasteiger partial charge is 0.872 e. The maximum absolute atomic E-state index is 11.5. The number of nitrogens with one attached hydrogen (secondary N) is 1. The number of benzene rings is 1. The van der Waals surface area contributed by atoms with Crippen LogP contribution in [0.2, 0.25) is 0 Å². The van der Waals surface area contributed by atoms with E-state index in [0.717, 1.165) is 17.8 Å². The number of furan rings is 1. The zero-order valence-corrected chi connectivity index (χ0v) is 12.2. The molecule has 8 heteroatoms. The molecule has 23 heavy (non-hydrogen) atoms. The van der Waals surface area contributed by atoms with Crippen molar-refractivity contribution in [1.82, 2.24) is 5.32 Å². The SMILES string of the molecule is O=C1NC(=O)/C(=C\c2ccc(-c3ccc([O-])c(C(=O)O)c3)o2)S1. The summed E-state index contributed by atoms with van der Waals surface area (Å²) in [5.74, 6) is -1.73. The van der Waals surface area contributed by atoms with Crippen molar-refractivity contribution >= 4 is 35.0 Å². The van der Waals surface area contributed by atoms with E-state index in [1.807, 2.05) is 0 Å². The minimum atomic E-state index is -1.32. The van der Waals surface area contributed by atoms with E-state index in [1.165, 1.54) is 18.2 Å². The molecule has 2 heterocycles. The third kappa shape index (κ3) is 2.97. The van der Waals surface area contributed by atoms with Gasteiger partial charge in [0.1, 0.15) is 11.5 Å². The molecule has 2 amide bonds. The summed E-state index contributed by atoms with van der Waals surface area (Å²) in [4.78, 5) is 33.7. The maximum atomic E-state index is 11.5. The van der Waals surface area contributed by atoms with Crippen molar-refractivity contribution in [1.29, 1.82) is 0 Å². The molecule has 0 aliphatic carbocycles. The molecule has 3 rings (SSSR count). The lowest BCUT2D eigenvalue weighted by Crippen LogP contribution is -2.17. The number of carbonyl (C=O) groups is 3. The number of amides is 2. The van der Waals surface area contributed by atoms with Crippen LogP contribution >= 0.6 is 11.8 Å². The quantitative estimate of drug-likeness (QED) is 0.826. The second kappa shape index (κ2) is 5.65. The third-order valence-corrected chi connectivity index (χ3v) is 3.85. The number of hydrogen-bond donors (Lipinski definition) is 2. The van der Waals surface area contributed by atoms with Crippen LogP contribution in [-0.4, -0.2) is 22.2 Å². The molecule has 1 aliphatic rings. The third-order valence-electron chi connectivity index (χ3n) is 3.04. The van der Waals surface area contributed by atoms with Crippen LogP contribution in [0.15, 0.2) is 39.7 Å². The molecule has 0 radical (unpaired) electrons. The topological polar surface area (TPSA) is 120 Å². The van der Waals surface area contributed by atoms with E-state index in [2.05, 4.69) is 5.32 Å². The van der Waals surface area contributed by atoms with Crippen LogP contribution in [0, 0.1) is 0 Å². The van der Waals surface area contributed by atoms with Crippen LogP contribution < -0.4 is 10.4 Å². The molecular weight excluding hydrogens is 322 g/mol. The molecule has 0 unspecified atom stereocenters. The first-order valence-electron chi connectivity index (χ1n) is 6.33. The molecule has 7 nitrogen and oxygen atoms in total. The summed E-state index contributed by atoms with van der Waals surface area (Å²) in [6.07, 6.45) is 1.41. The molecule has 1 saturated heterocycles. The summed E-state index contributed by atoms with van der Waals surface area (Å²) in [7, 11) is 0. The van der Waals surface area contributed by atoms with Gasteiger partial charge in [0.25, 0.3) is 11.1 Å². The second-order valence-corrected chi connectivity index (χ2v) is 5.59. The van der Waals surface area contributed by atoms with Gasteiger partial charge in [-0.1, -0.05) is 17.9 Å². The highest BCUT2D eigenvalue weighted by Gasteiger charge is 2.25. The molecule has 0 atom stereocenters. The van der Waals surface area contributed by atoms with Gasteiger partial charge < -0.3 is 14.6 Å². The number of imide groups is 1. The number of carboxylic acids is 1. The van der Waals surface area contributed by atoms with Crippen molar-refractivity contribution in [3.63, 3.8) is 0 Å². The normalized spacial score (nSPS) is 15.9. The van der Waals surface area contributed by atoms with Gasteiger partial charge in [0.05, 0.1) is 10.5 Å². The molecule has 2 N–H and O–H groups in total. The summed E-state index contributed by atoms with van der Waals surface area (Å²) in [6.45, 7) is 0. The molecule has 1 aromatic heterocycles. The Morgan fingerprint density at radius 1 is 1.26 bits per heavy atom. The van der Waals surface area contributed by atoms with Crippen molar-refractivity contribution in [3.8, 4) is 17.1 Å². The zero-order chi connectivity index (χ0) is 16.6. The number of aromatic carboxylic acids is 1. The van der Waals surface area contributed by atoms with Gasteiger partial charge in [-0.15, -0.1) is 0 Å². The monoisotopic (exact) mass is 330 g/mol. The van der Waals surface area contributed by atoms with Crippen LogP contribution in [0.4, 0.5) is 4.79 Å². The molecular formula is C15H8NO6S-. The Balaban J connectivity index is 1.92. The van der Waals surface area contributed by atoms with Crippen molar-refractivity contribution in [2.45, 2.75) is 0 Å². The fourth-order valence-corrected chi connectivity index (χ4v) is 2.65. The van der Waals surface area contributed by atoms with Crippen molar-refractivity contribution in [3.05, 3.63) is 46.6 Å². The summed E-state index contributed by atoms with van der Waals surface area (Å²) < 4.78 is 5.51. The first-order chi connectivity index (χ1) is 10.9. The molecule has 0 saturated carbocycles. The summed E-state index contributed by atoms with van der Waals surface area (Å²) in [6, 6.07) is 6.98. The van der Waals surface area contributed by atoms with Gasteiger partial charge in [-0.25, -0.2) is 4.79 Å². The highest BCUT2D eigenvalue weighted by molar-refractivity contribution is 8.18. The van der Waals surface area contributed by atoms with E-state index in [9.17, 15) is 19.5 Å². The predicted octanol–water partition coefficient (Wildman–Crippen LogP) is 2.04. The van der Waals surface area contributed by atoms with Crippen LogP contribution in [-0.2, 0) is 4.79 Å². The van der Waals surface area contributed by atoms with Gasteiger partial charge in [-0.3, -0.25) is 14.9 Å². The highest BCUT2D eigenvalue weighted by Crippen LogP contribution is 2.30. The Labute approximate surface area is 133 Å². The van der Waals surface area contributed by atoms with Crippen molar-refractivity contribution < 1.29 is 29.0 Å². The van der Waals surface area contributed by atoms with Crippen molar-refractivity contribution in [2.24, 2.45) is 0 Å². The van der Waals surface area contributed by atoms with E-state index in [0.29, 0.717) is 17.1 Å². The Morgan fingerprint density at radius 3 is 2.70 bits per heavy atom. The van der Waals surface area contributed by atoms with Gasteiger partial charge in [0, 0.05) is 11.6 Å².